The van der Waals surface area contributed by atoms with Gasteiger partial charge in [0.15, 0.2) is 0 Å². The number of benzene rings is 1. The van der Waals surface area contributed by atoms with E-state index in [1.165, 1.54) is 11.1 Å². The van der Waals surface area contributed by atoms with Crippen LogP contribution in [0.5, 0.6) is 0 Å². The fourth-order valence-corrected chi connectivity index (χ4v) is 2.29. The minimum Gasteiger partial charge on any atom is -0.345 e. The number of amides is 1. The quantitative estimate of drug-likeness (QED) is 0.817. The second-order valence-corrected chi connectivity index (χ2v) is 4.49. The van der Waals surface area contributed by atoms with Crippen molar-refractivity contribution in [2.24, 2.45) is 0 Å². The number of nitrogens with one attached hydrogen (secondary N) is 1. The summed E-state index contributed by atoms with van der Waals surface area (Å²) in [6, 6.07) is 6.46. The van der Waals surface area contributed by atoms with Crippen molar-refractivity contribution in [3.8, 4) is 0 Å². The van der Waals surface area contributed by atoms with Crippen LogP contribution < -0.4 is 5.32 Å². The van der Waals surface area contributed by atoms with Crippen molar-refractivity contribution in [1.82, 2.24) is 10.2 Å². The van der Waals surface area contributed by atoms with Crippen molar-refractivity contribution in [2.75, 3.05) is 21.1 Å². The number of aryl methyl sites for hydroxylation is 1. The van der Waals surface area contributed by atoms with Crippen LogP contribution in [0.4, 0.5) is 0 Å². The highest BCUT2D eigenvalue weighted by Gasteiger charge is 2.22. The van der Waals surface area contributed by atoms with Crippen LogP contribution in [0.2, 0.25) is 0 Å². The molecule has 1 aromatic rings. The van der Waals surface area contributed by atoms with Crippen molar-refractivity contribution >= 4 is 5.91 Å². The van der Waals surface area contributed by atoms with Gasteiger partial charge < -0.3 is 10.2 Å². The number of nitrogens with zero attached hydrogens (tertiary/aromatic N) is 1. The van der Waals surface area contributed by atoms with Crippen LogP contribution >= 0.6 is 0 Å². The second-order valence-electron chi connectivity index (χ2n) is 4.49. The molecular weight excluding hydrogens is 200 g/mol. The zero-order valence-electron chi connectivity index (χ0n) is 10.1. The van der Waals surface area contributed by atoms with Crippen molar-refractivity contribution in [3.63, 3.8) is 0 Å². The zero-order chi connectivity index (χ0) is 11.7. The van der Waals surface area contributed by atoms with Crippen LogP contribution in [0, 0.1) is 0 Å². The molecular formula is C13H18N2O. The first-order valence-corrected chi connectivity index (χ1v) is 5.65. The first-order chi connectivity index (χ1) is 7.63. The molecule has 2 rings (SSSR count). The molecule has 1 aliphatic rings. The second kappa shape index (κ2) is 4.26. The summed E-state index contributed by atoms with van der Waals surface area (Å²) in [5.41, 5.74) is 3.44. The van der Waals surface area contributed by atoms with E-state index in [2.05, 4.69) is 11.4 Å². The summed E-state index contributed by atoms with van der Waals surface area (Å²) in [4.78, 5) is 13.5. The lowest BCUT2D eigenvalue weighted by atomic mass is 10.0. The van der Waals surface area contributed by atoms with E-state index in [4.69, 9.17) is 0 Å². The maximum absolute atomic E-state index is 11.8. The highest BCUT2D eigenvalue weighted by atomic mass is 16.2. The molecule has 3 heteroatoms. The van der Waals surface area contributed by atoms with Gasteiger partial charge in [0.05, 0.1) is 0 Å². The van der Waals surface area contributed by atoms with Gasteiger partial charge in [0.1, 0.15) is 0 Å². The van der Waals surface area contributed by atoms with Crippen molar-refractivity contribution in [1.29, 1.82) is 0 Å². The molecule has 0 radical (unpaired) electrons. The van der Waals surface area contributed by atoms with E-state index in [9.17, 15) is 4.79 Å². The molecule has 1 N–H and O–H groups in total. The number of rotatable bonds is 2. The maximum Gasteiger partial charge on any atom is 0.253 e. The summed E-state index contributed by atoms with van der Waals surface area (Å²) in [5.74, 6) is 0.0737. The molecule has 0 aromatic heterocycles. The van der Waals surface area contributed by atoms with Gasteiger partial charge in [0, 0.05) is 25.7 Å². The monoisotopic (exact) mass is 218 g/mol. The van der Waals surface area contributed by atoms with Gasteiger partial charge in [-0.3, -0.25) is 4.79 Å². The average molecular weight is 218 g/mol. The van der Waals surface area contributed by atoms with Crippen LogP contribution in [0.1, 0.15) is 33.9 Å². The Labute approximate surface area is 96.5 Å². The largest absolute Gasteiger partial charge is 0.345 e. The minimum atomic E-state index is 0.0737. The highest BCUT2D eigenvalue weighted by molar-refractivity contribution is 5.94. The van der Waals surface area contributed by atoms with E-state index in [0.29, 0.717) is 6.04 Å². The molecule has 1 atom stereocenters. The molecule has 3 nitrogen and oxygen atoms in total. The number of carbonyl (C=O) groups is 1. The van der Waals surface area contributed by atoms with Gasteiger partial charge in [-0.05, 0) is 43.1 Å². The molecule has 0 bridgehead atoms. The van der Waals surface area contributed by atoms with Gasteiger partial charge in [-0.15, -0.1) is 0 Å². The van der Waals surface area contributed by atoms with Gasteiger partial charge in [-0.25, -0.2) is 0 Å². The molecule has 0 saturated carbocycles. The van der Waals surface area contributed by atoms with Gasteiger partial charge in [0.25, 0.3) is 5.91 Å². The van der Waals surface area contributed by atoms with E-state index in [1.807, 2.05) is 19.2 Å². The Bertz CT molecular complexity index is 412. The molecule has 0 spiro atoms. The lowest BCUT2D eigenvalue weighted by Gasteiger charge is -2.14. The SMILES string of the molecule is CNC1CCc2ccc(C(=O)N(C)C)cc21. The fraction of sp³-hybridized carbons (Fsp3) is 0.462. The Morgan fingerprint density at radius 3 is 2.81 bits per heavy atom. The smallest absolute Gasteiger partial charge is 0.253 e. The summed E-state index contributed by atoms with van der Waals surface area (Å²) in [6.45, 7) is 0. The minimum absolute atomic E-state index is 0.0737. The first-order valence-electron chi connectivity index (χ1n) is 5.65. The Morgan fingerprint density at radius 2 is 2.19 bits per heavy atom. The van der Waals surface area contributed by atoms with Crippen LogP contribution in [0.25, 0.3) is 0 Å². The van der Waals surface area contributed by atoms with Crippen molar-refractivity contribution in [2.45, 2.75) is 18.9 Å². The lowest BCUT2D eigenvalue weighted by molar-refractivity contribution is 0.0827. The topological polar surface area (TPSA) is 32.3 Å². The molecule has 1 aromatic carbocycles. The van der Waals surface area contributed by atoms with Crippen LogP contribution in [-0.4, -0.2) is 32.0 Å². The van der Waals surface area contributed by atoms with E-state index in [0.717, 1.165) is 18.4 Å². The number of hydrogen-bond donors (Lipinski definition) is 1. The third-order valence-corrected chi connectivity index (χ3v) is 3.23. The van der Waals surface area contributed by atoms with E-state index in [-0.39, 0.29) is 5.91 Å². The third kappa shape index (κ3) is 1.83. The average Bonchev–Trinajstić information content (AvgIpc) is 2.69. The first kappa shape index (κ1) is 11.1. The van der Waals surface area contributed by atoms with Gasteiger partial charge in [0.2, 0.25) is 0 Å². The molecule has 0 fully saturated rings. The van der Waals surface area contributed by atoms with E-state index < -0.39 is 0 Å². The lowest BCUT2D eigenvalue weighted by Crippen LogP contribution is -2.22. The van der Waals surface area contributed by atoms with Crippen LogP contribution in [0.3, 0.4) is 0 Å². The summed E-state index contributed by atoms with van der Waals surface area (Å²) in [6.07, 6.45) is 2.24. The number of fused-ring (bicyclic) bond motifs is 1. The maximum atomic E-state index is 11.8. The third-order valence-electron chi connectivity index (χ3n) is 3.23. The Balaban J connectivity index is 2.35. The molecule has 1 amide bonds. The highest BCUT2D eigenvalue weighted by Crippen LogP contribution is 2.31. The molecule has 1 aliphatic carbocycles. The summed E-state index contributed by atoms with van der Waals surface area (Å²) < 4.78 is 0. The van der Waals surface area contributed by atoms with Crippen LogP contribution in [-0.2, 0) is 6.42 Å². The predicted octanol–water partition coefficient (Wildman–Crippen LogP) is 1.60. The predicted molar refractivity (Wildman–Crippen MR) is 64.6 cm³/mol. The van der Waals surface area contributed by atoms with Crippen molar-refractivity contribution in [3.05, 3.63) is 34.9 Å². The summed E-state index contributed by atoms with van der Waals surface area (Å²) >= 11 is 0. The van der Waals surface area contributed by atoms with Crippen molar-refractivity contribution < 1.29 is 4.79 Å². The van der Waals surface area contributed by atoms with E-state index in [1.54, 1.807) is 19.0 Å². The molecule has 0 saturated heterocycles. The van der Waals surface area contributed by atoms with E-state index >= 15 is 0 Å². The Hall–Kier alpha value is -1.35. The molecule has 1 unspecified atom stereocenters. The normalized spacial score (nSPS) is 18.3. The standard InChI is InChI=1S/C13H18N2O/c1-14-12-7-6-9-4-5-10(8-11(9)12)13(16)15(2)3/h4-5,8,12,14H,6-7H2,1-3H3. The molecule has 0 aliphatic heterocycles. The Kier molecular flexibility index (Phi) is 2.97. The molecule has 0 heterocycles. The molecule has 86 valence electrons. The zero-order valence-corrected chi connectivity index (χ0v) is 10.1. The van der Waals surface area contributed by atoms with Crippen LogP contribution in [0.15, 0.2) is 18.2 Å². The number of carbonyl (C=O) groups excluding carboxylic acids is 1. The Morgan fingerprint density at radius 1 is 1.44 bits per heavy atom. The van der Waals surface area contributed by atoms with Gasteiger partial charge >= 0.3 is 0 Å². The van der Waals surface area contributed by atoms with Gasteiger partial charge in [-0.2, -0.15) is 0 Å². The fourth-order valence-electron chi connectivity index (χ4n) is 2.29. The molecule has 16 heavy (non-hydrogen) atoms. The summed E-state index contributed by atoms with van der Waals surface area (Å²) in [5, 5.41) is 3.29. The number of hydrogen-bond acceptors (Lipinski definition) is 2. The van der Waals surface area contributed by atoms with Gasteiger partial charge in [-0.1, -0.05) is 6.07 Å². The summed E-state index contributed by atoms with van der Waals surface area (Å²) in [7, 11) is 5.54.